The molecule has 2 unspecified atom stereocenters. The van der Waals surface area contributed by atoms with Gasteiger partial charge in [-0.2, -0.15) is 0 Å². The van der Waals surface area contributed by atoms with Gasteiger partial charge in [0.05, 0.1) is 11.6 Å². The lowest BCUT2D eigenvalue weighted by atomic mass is 9.97. The summed E-state index contributed by atoms with van der Waals surface area (Å²) in [6, 6.07) is 51.6. The van der Waals surface area contributed by atoms with Crippen LogP contribution in [0.25, 0.3) is 67.2 Å². The molecule has 0 radical (unpaired) electrons. The Hall–Kier alpha value is -6.98. The van der Waals surface area contributed by atoms with Crippen LogP contribution in [0.3, 0.4) is 0 Å². The highest BCUT2D eigenvalue weighted by molar-refractivity contribution is 6.13. The first kappa shape index (κ1) is 31.5. The Balaban J connectivity index is 1.02. The standard InChI is InChI=1S/C50H36N4O/c1-4-14-32(15-5-1)35-26-27-41-40-22-10-11-24-43(40)54(44(41)29-35)38-30-42-46(31-38)55-45-25-13-23-39(47(42)45)36-20-12-21-37(28-36)50-52-48(33-16-6-2-7-17-33)51-49(53-50)34-18-8-3-9-19-34/h1-8,10-18,20-31,38,50H,9,19H2,(H,51,52,53). The van der Waals surface area contributed by atoms with E-state index in [1.165, 1.54) is 38.5 Å². The molecular formula is C50H36N4O. The number of fused-ring (bicyclic) bond motifs is 6. The molecule has 3 heterocycles. The van der Waals surface area contributed by atoms with E-state index in [9.17, 15) is 0 Å². The van der Waals surface area contributed by atoms with Crippen molar-refractivity contribution >= 4 is 56.6 Å². The fourth-order valence-electron chi connectivity index (χ4n) is 8.55. The predicted molar refractivity (Wildman–Crippen MR) is 226 cm³/mol. The molecule has 5 nitrogen and oxygen atoms in total. The van der Waals surface area contributed by atoms with E-state index >= 15 is 0 Å². The first-order valence-corrected chi connectivity index (χ1v) is 19.0. The monoisotopic (exact) mass is 708 g/mol. The number of amidine groups is 2. The number of aromatic nitrogens is 1. The number of benzene rings is 6. The zero-order valence-corrected chi connectivity index (χ0v) is 30.1. The molecule has 6 aromatic carbocycles. The molecule has 262 valence electrons. The molecule has 0 bridgehead atoms. The van der Waals surface area contributed by atoms with Crippen LogP contribution < -0.4 is 16.0 Å². The second-order valence-electron chi connectivity index (χ2n) is 14.5. The highest BCUT2D eigenvalue weighted by atomic mass is 16.3. The van der Waals surface area contributed by atoms with Crippen LogP contribution in [-0.4, -0.2) is 16.2 Å². The molecular weight excluding hydrogens is 673 g/mol. The van der Waals surface area contributed by atoms with E-state index in [1.807, 2.05) is 18.2 Å². The van der Waals surface area contributed by atoms with Crippen molar-refractivity contribution in [3.63, 3.8) is 0 Å². The average Bonchev–Trinajstić information content (AvgIpc) is 3.93. The first-order chi connectivity index (χ1) is 27.2. The third kappa shape index (κ3) is 5.39. The molecule has 55 heavy (non-hydrogen) atoms. The Morgan fingerprint density at radius 1 is 0.655 bits per heavy atom. The van der Waals surface area contributed by atoms with Crippen LogP contribution in [0.2, 0.25) is 0 Å². The number of furan rings is 1. The SMILES string of the molecule is C1=CCCC(C2=NC(c3ccccc3)=NC(c3cccc(-c4cccc5oc6c(c45)=CC(n4c5ccccc5c5ccc(-c7ccccc7)cc54)C=6)c3)N2)=C1. The summed E-state index contributed by atoms with van der Waals surface area (Å²) < 4.78 is 9.11. The number of para-hydroxylation sites is 1. The number of allylic oxidation sites excluding steroid dienone is 3. The number of nitrogens with one attached hydrogen (secondary N) is 1. The van der Waals surface area contributed by atoms with Gasteiger partial charge < -0.3 is 14.3 Å². The van der Waals surface area contributed by atoms with Crippen molar-refractivity contribution in [3.05, 3.63) is 191 Å². The van der Waals surface area contributed by atoms with E-state index in [0.717, 1.165) is 68.4 Å². The summed E-state index contributed by atoms with van der Waals surface area (Å²) >= 11 is 0. The molecule has 2 aliphatic carbocycles. The van der Waals surface area contributed by atoms with E-state index in [-0.39, 0.29) is 12.2 Å². The molecule has 0 amide bonds. The molecule has 2 atom stereocenters. The van der Waals surface area contributed by atoms with Gasteiger partial charge in [-0.1, -0.05) is 140 Å². The number of aliphatic imine (C=N–C) groups is 2. The van der Waals surface area contributed by atoms with Crippen LogP contribution in [0.4, 0.5) is 0 Å². The maximum absolute atomic E-state index is 6.65. The number of rotatable bonds is 6. The molecule has 1 N–H and O–H groups in total. The minimum Gasteiger partial charge on any atom is -0.456 e. The van der Waals surface area contributed by atoms with Gasteiger partial charge in [-0.15, -0.1) is 0 Å². The second kappa shape index (κ2) is 12.9. The van der Waals surface area contributed by atoms with Crippen molar-refractivity contribution in [1.29, 1.82) is 0 Å². The summed E-state index contributed by atoms with van der Waals surface area (Å²) in [5.41, 5.74) is 12.2. The van der Waals surface area contributed by atoms with Gasteiger partial charge in [0, 0.05) is 32.5 Å². The van der Waals surface area contributed by atoms with E-state index in [1.54, 1.807) is 0 Å². The van der Waals surface area contributed by atoms with E-state index in [2.05, 4.69) is 168 Å². The Morgan fingerprint density at radius 3 is 2.29 bits per heavy atom. The third-order valence-corrected chi connectivity index (χ3v) is 11.2. The summed E-state index contributed by atoms with van der Waals surface area (Å²) in [5, 5.41) is 8.46. The van der Waals surface area contributed by atoms with Crippen LogP contribution in [0.5, 0.6) is 0 Å². The van der Waals surface area contributed by atoms with Crippen LogP contribution in [0, 0.1) is 0 Å². The summed E-state index contributed by atoms with van der Waals surface area (Å²) in [5.74, 6) is 1.63. The maximum atomic E-state index is 6.65. The quantitative estimate of drug-likeness (QED) is 0.187. The lowest BCUT2D eigenvalue weighted by molar-refractivity contribution is 0.574. The normalized spacial score (nSPS) is 17.6. The smallest absolute Gasteiger partial charge is 0.159 e. The second-order valence-corrected chi connectivity index (χ2v) is 14.5. The van der Waals surface area contributed by atoms with Gasteiger partial charge in [-0.05, 0) is 82.6 Å². The van der Waals surface area contributed by atoms with Crippen LogP contribution >= 0.6 is 0 Å². The molecule has 5 heteroatoms. The molecule has 0 spiro atoms. The largest absolute Gasteiger partial charge is 0.456 e. The summed E-state index contributed by atoms with van der Waals surface area (Å²) in [6.45, 7) is 0. The first-order valence-electron chi connectivity index (χ1n) is 19.0. The Kier molecular flexibility index (Phi) is 7.37. The lowest BCUT2D eigenvalue weighted by Gasteiger charge is -2.25. The zero-order chi connectivity index (χ0) is 36.3. The van der Waals surface area contributed by atoms with Crippen molar-refractivity contribution in [2.45, 2.75) is 25.0 Å². The van der Waals surface area contributed by atoms with Gasteiger partial charge >= 0.3 is 0 Å². The van der Waals surface area contributed by atoms with E-state index < -0.39 is 0 Å². The number of hydrogen-bond donors (Lipinski definition) is 1. The van der Waals surface area contributed by atoms with Crippen molar-refractivity contribution in [2.24, 2.45) is 9.98 Å². The average molecular weight is 709 g/mol. The molecule has 1 aliphatic heterocycles. The summed E-state index contributed by atoms with van der Waals surface area (Å²) in [7, 11) is 0. The molecule has 0 saturated carbocycles. The van der Waals surface area contributed by atoms with Gasteiger partial charge in [0.1, 0.15) is 23.0 Å². The molecule has 0 fully saturated rings. The van der Waals surface area contributed by atoms with Crippen LogP contribution in [0.1, 0.15) is 36.2 Å². The fourth-order valence-corrected chi connectivity index (χ4v) is 8.55. The fraction of sp³-hybridized carbons (Fsp3) is 0.0800. The Labute approximate surface area is 318 Å². The van der Waals surface area contributed by atoms with Gasteiger partial charge in [0.25, 0.3) is 0 Å². The van der Waals surface area contributed by atoms with E-state index in [0.29, 0.717) is 0 Å². The molecule has 11 rings (SSSR count). The number of hydrogen-bond acceptors (Lipinski definition) is 4. The topological polar surface area (TPSA) is 54.8 Å². The van der Waals surface area contributed by atoms with Crippen molar-refractivity contribution in [3.8, 4) is 22.3 Å². The Morgan fingerprint density at radius 2 is 1.44 bits per heavy atom. The third-order valence-electron chi connectivity index (χ3n) is 11.2. The van der Waals surface area contributed by atoms with Gasteiger partial charge in [-0.25, -0.2) is 9.98 Å². The van der Waals surface area contributed by atoms with Crippen molar-refractivity contribution in [2.75, 3.05) is 0 Å². The van der Waals surface area contributed by atoms with Gasteiger partial charge in [-0.3, -0.25) is 0 Å². The minimum absolute atomic E-state index is 0.00945. The summed E-state index contributed by atoms with van der Waals surface area (Å²) in [4.78, 5) is 10.2. The molecule has 3 aliphatic rings. The van der Waals surface area contributed by atoms with Crippen LogP contribution in [0.15, 0.2) is 184 Å². The van der Waals surface area contributed by atoms with E-state index in [4.69, 9.17) is 14.4 Å². The van der Waals surface area contributed by atoms with Gasteiger partial charge in [0.2, 0.25) is 0 Å². The van der Waals surface area contributed by atoms with Gasteiger partial charge in [0.15, 0.2) is 5.84 Å². The molecule has 2 aromatic heterocycles. The maximum Gasteiger partial charge on any atom is 0.159 e. The number of nitrogens with zero attached hydrogens (tertiary/aromatic N) is 3. The zero-order valence-electron chi connectivity index (χ0n) is 30.1. The van der Waals surface area contributed by atoms with Crippen molar-refractivity contribution < 1.29 is 4.42 Å². The predicted octanol–water partition coefficient (Wildman–Crippen LogP) is 10.4. The highest BCUT2D eigenvalue weighted by Gasteiger charge is 2.25. The van der Waals surface area contributed by atoms with Crippen LogP contribution in [-0.2, 0) is 0 Å². The lowest BCUT2D eigenvalue weighted by Crippen LogP contribution is -2.34. The molecule has 8 aromatic rings. The highest BCUT2D eigenvalue weighted by Crippen LogP contribution is 2.37. The summed E-state index contributed by atoms with van der Waals surface area (Å²) in [6.07, 6.45) is 12.8. The Bertz CT molecular complexity index is 3070. The molecule has 0 saturated heterocycles. The minimum atomic E-state index is -0.288. The van der Waals surface area contributed by atoms with Crippen molar-refractivity contribution in [1.82, 2.24) is 9.88 Å².